The third kappa shape index (κ3) is 6.71. The van der Waals surface area contributed by atoms with Crippen molar-refractivity contribution >= 4 is 28.9 Å². The highest BCUT2D eigenvalue weighted by molar-refractivity contribution is 6.00. The predicted octanol–water partition coefficient (Wildman–Crippen LogP) is 5.89. The predicted molar refractivity (Wildman–Crippen MR) is 151 cm³/mol. The van der Waals surface area contributed by atoms with Crippen LogP contribution in [0.1, 0.15) is 30.5 Å². The number of nitrogens with zero attached hydrogens (tertiary/aromatic N) is 2. The zero-order valence-corrected chi connectivity index (χ0v) is 22.2. The molecule has 4 aromatic rings. The van der Waals surface area contributed by atoms with E-state index in [-0.39, 0.29) is 18.4 Å². The molecule has 1 aromatic heterocycles. The Bertz CT molecular complexity index is 1410. The van der Waals surface area contributed by atoms with Gasteiger partial charge >= 0.3 is 5.97 Å². The average Bonchev–Trinajstić information content (AvgIpc) is 3.28. The van der Waals surface area contributed by atoms with E-state index in [0.717, 1.165) is 28.5 Å². The third-order valence-electron chi connectivity index (χ3n) is 6.41. The fourth-order valence-corrected chi connectivity index (χ4v) is 4.32. The van der Waals surface area contributed by atoms with Gasteiger partial charge in [-0.05, 0) is 49.6 Å². The van der Waals surface area contributed by atoms with Gasteiger partial charge in [0, 0.05) is 36.3 Å². The number of fused-ring (bicyclic) bond motifs is 1. The van der Waals surface area contributed by atoms with E-state index in [1.54, 1.807) is 24.8 Å². The molecule has 0 radical (unpaired) electrons. The van der Waals surface area contributed by atoms with Crippen LogP contribution in [0.4, 0.5) is 0 Å². The first-order valence-electron chi connectivity index (χ1n) is 12.9. The summed E-state index contributed by atoms with van der Waals surface area (Å²) in [4.78, 5) is 27.3. The summed E-state index contributed by atoms with van der Waals surface area (Å²) in [6, 6.07) is 25.9. The first kappa shape index (κ1) is 26.7. The van der Waals surface area contributed by atoms with E-state index >= 15 is 0 Å². The van der Waals surface area contributed by atoms with Crippen molar-refractivity contribution in [2.45, 2.75) is 33.4 Å². The van der Waals surface area contributed by atoms with Crippen LogP contribution in [0.3, 0.4) is 0 Å². The Morgan fingerprint density at radius 1 is 0.921 bits per heavy atom. The summed E-state index contributed by atoms with van der Waals surface area (Å²) in [5, 5.41) is 0.854. The van der Waals surface area contributed by atoms with E-state index in [2.05, 4.69) is 12.1 Å². The maximum absolute atomic E-state index is 13.2. The van der Waals surface area contributed by atoms with Crippen LogP contribution < -0.4 is 4.74 Å². The zero-order valence-electron chi connectivity index (χ0n) is 22.2. The third-order valence-corrected chi connectivity index (χ3v) is 6.41. The van der Waals surface area contributed by atoms with Crippen molar-refractivity contribution < 1.29 is 19.1 Å². The summed E-state index contributed by atoms with van der Waals surface area (Å²) >= 11 is 0. The molecule has 0 saturated carbocycles. The molecule has 196 valence electrons. The van der Waals surface area contributed by atoms with Crippen LogP contribution in [0.5, 0.6) is 5.75 Å². The Balaban J connectivity index is 1.62. The molecule has 0 aliphatic carbocycles. The Morgan fingerprint density at radius 2 is 1.61 bits per heavy atom. The molecule has 0 fully saturated rings. The fraction of sp³-hybridized carbons (Fsp3) is 0.250. The lowest BCUT2D eigenvalue weighted by molar-refractivity contribution is -0.138. The van der Waals surface area contributed by atoms with Gasteiger partial charge in [0.25, 0.3) is 0 Å². The lowest BCUT2D eigenvalue weighted by Gasteiger charge is -2.18. The number of esters is 1. The molecule has 6 heteroatoms. The second-order valence-electron chi connectivity index (χ2n) is 9.24. The van der Waals surface area contributed by atoms with Crippen LogP contribution in [0.25, 0.3) is 17.0 Å². The highest BCUT2D eigenvalue weighted by atomic mass is 16.5. The Kier molecular flexibility index (Phi) is 8.98. The maximum Gasteiger partial charge on any atom is 0.333 e. The second kappa shape index (κ2) is 12.8. The van der Waals surface area contributed by atoms with Crippen LogP contribution >= 0.6 is 0 Å². The molecule has 3 aromatic carbocycles. The molecule has 0 bridgehead atoms. The van der Waals surface area contributed by atoms with Gasteiger partial charge in [-0.3, -0.25) is 4.79 Å². The van der Waals surface area contributed by atoms with Gasteiger partial charge in [0.05, 0.1) is 12.1 Å². The van der Waals surface area contributed by atoms with Gasteiger partial charge in [-0.1, -0.05) is 66.7 Å². The molecule has 38 heavy (non-hydrogen) atoms. The minimum absolute atomic E-state index is 0.00563. The first-order chi connectivity index (χ1) is 18.5. The van der Waals surface area contributed by atoms with Gasteiger partial charge in [-0.2, -0.15) is 0 Å². The number of amides is 1. The minimum atomic E-state index is -0.368. The molecule has 0 atom stereocenters. The lowest BCUT2D eigenvalue weighted by Crippen LogP contribution is -2.31. The summed E-state index contributed by atoms with van der Waals surface area (Å²) in [7, 11) is 1.83. The van der Waals surface area contributed by atoms with E-state index in [1.165, 1.54) is 5.56 Å². The van der Waals surface area contributed by atoms with E-state index in [1.807, 2.05) is 84.5 Å². The van der Waals surface area contributed by atoms with Gasteiger partial charge in [0.1, 0.15) is 18.9 Å². The number of carbonyl (C=O) groups is 2. The molecule has 0 unspecified atom stereocenters. The molecule has 0 spiro atoms. The fourth-order valence-electron chi connectivity index (χ4n) is 4.32. The Hall–Kier alpha value is -4.32. The number of likely N-dealkylation sites (N-methyl/N-ethyl adjacent to an activating group) is 1. The van der Waals surface area contributed by atoms with Crippen LogP contribution in [0.2, 0.25) is 0 Å². The largest absolute Gasteiger partial charge is 0.488 e. The van der Waals surface area contributed by atoms with Crippen molar-refractivity contribution in [3.63, 3.8) is 0 Å². The van der Waals surface area contributed by atoms with Gasteiger partial charge < -0.3 is 18.9 Å². The number of benzene rings is 3. The highest BCUT2D eigenvalue weighted by Crippen LogP contribution is 2.33. The van der Waals surface area contributed by atoms with E-state index in [4.69, 9.17) is 9.47 Å². The summed E-state index contributed by atoms with van der Waals surface area (Å²) in [5.41, 5.74) is 4.40. The zero-order chi connectivity index (χ0) is 26.9. The molecule has 1 amide bonds. The highest BCUT2D eigenvalue weighted by Gasteiger charge is 2.17. The van der Waals surface area contributed by atoms with Crippen LogP contribution in [-0.2, 0) is 33.9 Å². The lowest BCUT2D eigenvalue weighted by atomic mass is 10.1. The first-order valence-corrected chi connectivity index (χ1v) is 12.9. The number of hydrogen-bond acceptors (Lipinski definition) is 4. The summed E-state index contributed by atoms with van der Waals surface area (Å²) < 4.78 is 13.3. The smallest absolute Gasteiger partial charge is 0.333 e. The number of carbonyl (C=O) groups excluding carboxylic acids is 2. The summed E-state index contributed by atoms with van der Waals surface area (Å²) in [6.45, 7) is 5.04. The van der Waals surface area contributed by atoms with E-state index in [0.29, 0.717) is 31.1 Å². The van der Waals surface area contributed by atoms with Gasteiger partial charge in [0.15, 0.2) is 0 Å². The van der Waals surface area contributed by atoms with Crippen molar-refractivity contribution in [2.75, 3.05) is 20.2 Å². The molecule has 0 aliphatic rings. The molecule has 4 rings (SSSR count). The van der Waals surface area contributed by atoms with Gasteiger partial charge in [-0.25, -0.2) is 4.79 Å². The number of aromatic nitrogens is 1. The van der Waals surface area contributed by atoms with Crippen LogP contribution in [0, 0.1) is 0 Å². The normalized spacial score (nSPS) is 11.4. The molecular weight excluding hydrogens is 476 g/mol. The number of rotatable bonds is 11. The standard InChI is InChI=1S/C32H34N2O4/c1-4-37-32(36)24(2)20-27-21-34(22-30(35)33(3)19-18-25-12-7-5-8-13-25)28-16-11-17-29(31(27)28)38-23-26-14-9-6-10-15-26/h5-17,20-21H,4,18-19,22-23H2,1-3H3. The maximum atomic E-state index is 13.2. The van der Waals surface area contributed by atoms with E-state index in [9.17, 15) is 9.59 Å². The Morgan fingerprint density at radius 3 is 2.29 bits per heavy atom. The Labute approximate surface area is 224 Å². The van der Waals surface area contributed by atoms with Crippen molar-refractivity contribution in [1.29, 1.82) is 0 Å². The monoisotopic (exact) mass is 510 g/mol. The minimum Gasteiger partial charge on any atom is -0.488 e. The molecule has 6 nitrogen and oxygen atoms in total. The molecule has 1 heterocycles. The van der Waals surface area contributed by atoms with Crippen molar-refractivity contribution in [3.05, 3.63) is 107 Å². The van der Waals surface area contributed by atoms with Crippen molar-refractivity contribution in [1.82, 2.24) is 9.47 Å². The average molecular weight is 511 g/mol. The number of hydrogen-bond donors (Lipinski definition) is 0. The topological polar surface area (TPSA) is 60.8 Å². The van der Waals surface area contributed by atoms with Gasteiger partial charge in [0.2, 0.25) is 5.91 Å². The molecular formula is C32H34N2O4. The van der Waals surface area contributed by atoms with Crippen molar-refractivity contribution in [3.8, 4) is 5.75 Å². The van der Waals surface area contributed by atoms with Crippen LogP contribution in [0.15, 0.2) is 90.6 Å². The van der Waals surface area contributed by atoms with Crippen LogP contribution in [-0.4, -0.2) is 41.5 Å². The summed E-state index contributed by atoms with van der Waals surface area (Å²) in [5.74, 6) is 0.330. The summed E-state index contributed by atoms with van der Waals surface area (Å²) in [6.07, 6.45) is 4.50. The molecule has 0 saturated heterocycles. The molecule has 0 N–H and O–H groups in total. The van der Waals surface area contributed by atoms with E-state index < -0.39 is 0 Å². The SMILES string of the molecule is CCOC(=O)C(C)=Cc1cn(CC(=O)N(C)CCc2ccccc2)c2cccc(OCc3ccccc3)c12. The van der Waals surface area contributed by atoms with Gasteiger partial charge in [-0.15, -0.1) is 0 Å². The quantitative estimate of drug-likeness (QED) is 0.187. The second-order valence-corrected chi connectivity index (χ2v) is 9.24. The van der Waals surface area contributed by atoms with Crippen molar-refractivity contribution in [2.24, 2.45) is 0 Å². The number of ether oxygens (including phenoxy) is 2. The molecule has 0 aliphatic heterocycles.